The van der Waals surface area contributed by atoms with Crippen LogP contribution in [0.2, 0.25) is 0 Å². The van der Waals surface area contributed by atoms with Crippen molar-refractivity contribution in [2.45, 2.75) is 58.9 Å². The van der Waals surface area contributed by atoms with Gasteiger partial charge in [-0.05, 0) is 37.5 Å². The summed E-state index contributed by atoms with van der Waals surface area (Å²) in [5.74, 6) is 0.809. The lowest BCUT2D eigenvalue weighted by Gasteiger charge is -2.32. The first kappa shape index (κ1) is 14.0. The largest absolute Gasteiger partial charge is 0.309 e. The highest BCUT2D eigenvalue weighted by atomic mass is 32.1. The molecule has 1 heterocycles. The van der Waals surface area contributed by atoms with E-state index in [1.807, 2.05) is 11.7 Å². The Morgan fingerprint density at radius 3 is 2.61 bits per heavy atom. The zero-order chi connectivity index (χ0) is 13.0. The summed E-state index contributed by atoms with van der Waals surface area (Å²) in [7, 11) is 0. The second-order valence-corrected chi connectivity index (χ2v) is 7.23. The maximum absolute atomic E-state index is 4.17. The summed E-state index contributed by atoms with van der Waals surface area (Å²) in [5.41, 5.74) is 2.49. The zero-order valence-electron chi connectivity index (χ0n) is 11.9. The maximum Gasteiger partial charge on any atom is 0.0794 e. The quantitative estimate of drug-likeness (QED) is 0.825. The Kier molecular flexibility index (Phi) is 4.79. The number of hydrogen-bond acceptors (Lipinski definition) is 3. The van der Waals surface area contributed by atoms with Gasteiger partial charge in [0, 0.05) is 23.7 Å². The molecular formula is C15H26N2S. The minimum atomic E-state index is 0.446. The van der Waals surface area contributed by atoms with Crippen molar-refractivity contribution in [3.8, 4) is 0 Å². The molecule has 1 unspecified atom stereocenters. The summed E-state index contributed by atoms with van der Waals surface area (Å²) >= 11 is 1.75. The molecular weight excluding hydrogens is 240 g/mol. The lowest BCUT2D eigenvalue weighted by atomic mass is 9.78. The van der Waals surface area contributed by atoms with E-state index < -0.39 is 0 Å². The number of nitrogens with one attached hydrogen (secondary N) is 1. The molecule has 18 heavy (non-hydrogen) atoms. The van der Waals surface area contributed by atoms with E-state index in [0.717, 1.165) is 5.92 Å². The van der Waals surface area contributed by atoms with E-state index in [4.69, 9.17) is 0 Å². The van der Waals surface area contributed by atoms with Gasteiger partial charge in [0.1, 0.15) is 0 Å². The highest BCUT2D eigenvalue weighted by Gasteiger charge is 2.34. The number of thiazole rings is 1. The number of nitrogens with zero attached hydrogens (tertiary/aromatic N) is 1. The van der Waals surface area contributed by atoms with Gasteiger partial charge in [-0.15, -0.1) is 11.3 Å². The van der Waals surface area contributed by atoms with Gasteiger partial charge in [0.05, 0.1) is 5.51 Å². The summed E-state index contributed by atoms with van der Waals surface area (Å²) in [6.07, 6.45) is 9.02. The Hall–Kier alpha value is -0.410. The minimum absolute atomic E-state index is 0.446. The molecule has 0 aromatic carbocycles. The predicted molar refractivity (Wildman–Crippen MR) is 78.9 cm³/mol. The molecule has 1 aromatic rings. The molecule has 3 heteroatoms. The van der Waals surface area contributed by atoms with Crippen LogP contribution in [0.25, 0.3) is 0 Å². The van der Waals surface area contributed by atoms with Gasteiger partial charge >= 0.3 is 0 Å². The van der Waals surface area contributed by atoms with Crippen molar-refractivity contribution in [3.05, 3.63) is 16.6 Å². The van der Waals surface area contributed by atoms with Crippen LogP contribution in [0, 0.1) is 11.3 Å². The lowest BCUT2D eigenvalue weighted by molar-refractivity contribution is 0.217. The van der Waals surface area contributed by atoms with Crippen molar-refractivity contribution >= 4 is 11.3 Å². The summed E-state index contributed by atoms with van der Waals surface area (Å²) in [6, 6.07) is 0.446. The monoisotopic (exact) mass is 266 g/mol. The Bertz CT molecular complexity index is 339. The smallest absolute Gasteiger partial charge is 0.0794 e. The SMILES string of the molecule is CC(C)CC1(CNC(C)c2cncs2)CCCC1. The van der Waals surface area contributed by atoms with Crippen molar-refractivity contribution in [3.63, 3.8) is 0 Å². The lowest BCUT2D eigenvalue weighted by Crippen LogP contribution is -2.34. The van der Waals surface area contributed by atoms with Crippen LogP contribution >= 0.6 is 11.3 Å². The molecule has 0 saturated heterocycles. The average molecular weight is 266 g/mol. The highest BCUT2D eigenvalue weighted by Crippen LogP contribution is 2.43. The first-order chi connectivity index (χ1) is 8.61. The fraction of sp³-hybridized carbons (Fsp3) is 0.800. The van der Waals surface area contributed by atoms with Gasteiger partial charge in [-0.1, -0.05) is 26.7 Å². The fourth-order valence-electron chi connectivity index (χ4n) is 3.35. The van der Waals surface area contributed by atoms with Crippen molar-refractivity contribution in [1.29, 1.82) is 0 Å². The topological polar surface area (TPSA) is 24.9 Å². The molecule has 1 aliphatic rings. The van der Waals surface area contributed by atoms with Gasteiger partial charge in [-0.25, -0.2) is 0 Å². The van der Waals surface area contributed by atoms with Crippen LogP contribution in [0.15, 0.2) is 11.7 Å². The minimum Gasteiger partial charge on any atom is -0.309 e. The average Bonchev–Trinajstić information content (AvgIpc) is 2.96. The van der Waals surface area contributed by atoms with Crippen LogP contribution < -0.4 is 5.32 Å². The van der Waals surface area contributed by atoms with Crippen molar-refractivity contribution in [1.82, 2.24) is 10.3 Å². The second kappa shape index (κ2) is 6.16. The van der Waals surface area contributed by atoms with Crippen molar-refractivity contribution in [2.24, 2.45) is 11.3 Å². The van der Waals surface area contributed by atoms with Gasteiger partial charge in [0.25, 0.3) is 0 Å². The van der Waals surface area contributed by atoms with Crippen molar-refractivity contribution < 1.29 is 0 Å². The molecule has 1 fully saturated rings. The molecule has 1 N–H and O–H groups in total. The van der Waals surface area contributed by atoms with E-state index in [-0.39, 0.29) is 0 Å². The van der Waals surface area contributed by atoms with Crippen LogP contribution in [0.4, 0.5) is 0 Å². The van der Waals surface area contributed by atoms with Crippen LogP contribution in [-0.2, 0) is 0 Å². The molecule has 0 bridgehead atoms. The van der Waals surface area contributed by atoms with Gasteiger partial charge in [0.15, 0.2) is 0 Å². The van der Waals surface area contributed by atoms with Gasteiger partial charge in [-0.2, -0.15) is 0 Å². The Morgan fingerprint density at radius 2 is 2.06 bits per heavy atom. The molecule has 0 amide bonds. The molecule has 0 spiro atoms. The van der Waals surface area contributed by atoms with E-state index >= 15 is 0 Å². The normalized spacial score (nSPS) is 20.4. The van der Waals surface area contributed by atoms with Crippen molar-refractivity contribution in [2.75, 3.05) is 6.54 Å². The second-order valence-electron chi connectivity index (χ2n) is 6.31. The van der Waals surface area contributed by atoms with E-state index in [2.05, 4.69) is 31.1 Å². The zero-order valence-corrected chi connectivity index (χ0v) is 12.7. The van der Waals surface area contributed by atoms with Crippen LogP contribution in [0.3, 0.4) is 0 Å². The van der Waals surface area contributed by atoms with E-state index in [0.29, 0.717) is 11.5 Å². The summed E-state index contributed by atoms with van der Waals surface area (Å²) in [4.78, 5) is 5.52. The Morgan fingerprint density at radius 1 is 1.33 bits per heavy atom. The summed E-state index contributed by atoms with van der Waals surface area (Å²) in [6.45, 7) is 8.13. The Balaban J connectivity index is 1.90. The molecule has 2 rings (SSSR count). The highest BCUT2D eigenvalue weighted by molar-refractivity contribution is 7.09. The van der Waals surface area contributed by atoms with E-state index in [1.54, 1.807) is 11.3 Å². The first-order valence-corrected chi connectivity index (χ1v) is 8.11. The molecule has 0 aliphatic heterocycles. The van der Waals surface area contributed by atoms with Gasteiger partial charge in [-0.3, -0.25) is 4.98 Å². The number of hydrogen-bond donors (Lipinski definition) is 1. The number of rotatable bonds is 6. The summed E-state index contributed by atoms with van der Waals surface area (Å²) in [5, 5.41) is 3.74. The molecule has 0 radical (unpaired) electrons. The maximum atomic E-state index is 4.17. The molecule has 2 nitrogen and oxygen atoms in total. The molecule has 1 aromatic heterocycles. The third-order valence-corrected chi connectivity index (χ3v) is 5.13. The summed E-state index contributed by atoms with van der Waals surface area (Å²) < 4.78 is 0. The van der Waals surface area contributed by atoms with Crippen LogP contribution in [0.1, 0.15) is 63.8 Å². The molecule has 1 aliphatic carbocycles. The Labute approximate surface area is 115 Å². The molecule has 1 atom stereocenters. The van der Waals surface area contributed by atoms with Gasteiger partial charge < -0.3 is 5.32 Å². The molecule has 102 valence electrons. The number of aromatic nitrogens is 1. The third kappa shape index (κ3) is 3.55. The van der Waals surface area contributed by atoms with E-state index in [9.17, 15) is 0 Å². The predicted octanol–water partition coefficient (Wildman–Crippen LogP) is 4.40. The molecule has 1 saturated carbocycles. The van der Waals surface area contributed by atoms with Crippen LogP contribution in [-0.4, -0.2) is 11.5 Å². The van der Waals surface area contributed by atoms with Crippen LogP contribution in [0.5, 0.6) is 0 Å². The van der Waals surface area contributed by atoms with E-state index in [1.165, 1.54) is 43.5 Å². The first-order valence-electron chi connectivity index (χ1n) is 7.23. The third-order valence-electron chi connectivity index (χ3n) is 4.17. The fourth-order valence-corrected chi connectivity index (χ4v) is 4.01. The van der Waals surface area contributed by atoms with Gasteiger partial charge in [0.2, 0.25) is 0 Å². The standard InChI is InChI=1S/C15H26N2S/c1-12(2)8-15(6-4-5-7-15)10-17-13(3)14-9-16-11-18-14/h9,11-13,17H,4-8,10H2,1-3H3.